The Bertz CT molecular complexity index is 696. The lowest BCUT2D eigenvalue weighted by Crippen LogP contribution is -2.57. The first-order valence-corrected chi connectivity index (χ1v) is 7.82. The minimum atomic E-state index is -0.805. The van der Waals surface area contributed by atoms with E-state index in [1.54, 1.807) is 0 Å². The van der Waals surface area contributed by atoms with Crippen molar-refractivity contribution in [2.24, 2.45) is 5.73 Å². The molecule has 1 aromatic heterocycles. The van der Waals surface area contributed by atoms with Crippen LogP contribution in [0.25, 0.3) is 0 Å². The number of nitrogens with one attached hydrogen (secondary N) is 2. The zero-order valence-corrected chi connectivity index (χ0v) is 12.4. The highest BCUT2D eigenvalue weighted by molar-refractivity contribution is 5.88. The highest BCUT2D eigenvalue weighted by Crippen LogP contribution is 2.29. The van der Waals surface area contributed by atoms with Crippen LogP contribution < -0.4 is 11.1 Å². The molecule has 0 radical (unpaired) electrons. The average molecular weight is 296 g/mol. The highest BCUT2D eigenvalue weighted by Gasteiger charge is 2.41. The van der Waals surface area contributed by atoms with Crippen molar-refractivity contribution in [1.82, 2.24) is 15.5 Å². The highest BCUT2D eigenvalue weighted by atomic mass is 16.2. The minimum Gasteiger partial charge on any atom is -0.351 e. The predicted octanol–water partition coefficient (Wildman–Crippen LogP) is 0.880. The van der Waals surface area contributed by atoms with Crippen molar-refractivity contribution < 1.29 is 4.79 Å². The van der Waals surface area contributed by atoms with E-state index in [2.05, 4.69) is 27.6 Å². The van der Waals surface area contributed by atoms with Crippen molar-refractivity contribution in [2.45, 2.75) is 43.7 Å². The van der Waals surface area contributed by atoms with Crippen LogP contribution in [0.2, 0.25) is 0 Å². The van der Waals surface area contributed by atoms with Gasteiger partial charge in [0.1, 0.15) is 5.54 Å². The van der Waals surface area contributed by atoms with Gasteiger partial charge in [0.05, 0.1) is 6.20 Å². The van der Waals surface area contributed by atoms with Crippen LogP contribution in [0.5, 0.6) is 0 Å². The lowest BCUT2D eigenvalue weighted by molar-refractivity contribution is -0.126. The van der Waals surface area contributed by atoms with E-state index in [9.17, 15) is 4.79 Å². The number of fused-ring (bicyclic) bond motifs is 2. The zero-order chi connectivity index (χ0) is 15.2. The molecule has 1 amide bonds. The Balaban J connectivity index is 1.45. The van der Waals surface area contributed by atoms with Crippen LogP contribution in [0.15, 0.2) is 30.5 Å². The van der Waals surface area contributed by atoms with Gasteiger partial charge in [-0.15, -0.1) is 0 Å². The Morgan fingerprint density at radius 3 is 2.73 bits per heavy atom. The molecule has 5 heteroatoms. The second-order valence-electron chi connectivity index (χ2n) is 6.57. The number of nitrogens with two attached hydrogens (primary N) is 1. The number of carbonyl (C=O) groups excluding carboxylic acids is 1. The fourth-order valence-corrected chi connectivity index (χ4v) is 3.67. The van der Waals surface area contributed by atoms with E-state index in [1.165, 1.54) is 22.4 Å². The van der Waals surface area contributed by atoms with Crippen molar-refractivity contribution in [2.75, 3.05) is 0 Å². The van der Waals surface area contributed by atoms with E-state index in [0.717, 1.165) is 19.3 Å². The van der Waals surface area contributed by atoms with Gasteiger partial charge in [0.15, 0.2) is 0 Å². The molecule has 0 fully saturated rings. The van der Waals surface area contributed by atoms with Crippen LogP contribution in [0, 0.1) is 0 Å². The van der Waals surface area contributed by atoms with Crippen LogP contribution in [0.3, 0.4) is 0 Å². The second kappa shape index (κ2) is 4.95. The van der Waals surface area contributed by atoms with Gasteiger partial charge >= 0.3 is 0 Å². The number of rotatable bonds is 2. The summed E-state index contributed by atoms with van der Waals surface area (Å²) in [6.07, 6.45) is 5.80. The standard InChI is InChI=1S/C17H20N4O/c18-17(8-11-3-1-2-4-12(11)9-17)16(22)20-14-5-6-15-13(7-14)10-19-21-15/h1-4,10,14H,5-9,18H2,(H,19,21)(H,20,22). The number of benzene rings is 1. The predicted molar refractivity (Wildman–Crippen MR) is 83.3 cm³/mol. The number of hydrogen-bond donors (Lipinski definition) is 3. The van der Waals surface area contributed by atoms with Gasteiger partial charge in [0.2, 0.25) is 5.91 Å². The number of nitrogens with zero attached hydrogens (tertiary/aromatic N) is 1. The molecule has 5 nitrogen and oxygen atoms in total. The first-order valence-electron chi connectivity index (χ1n) is 7.82. The summed E-state index contributed by atoms with van der Waals surface area (Å²) < 4.78 is 0. The molecular formula is C17H20N4O. The maximum absolute atomic E-state index is 12.7. The Hall–Kier alpha value is -2.14. The Morgan fingerprint density at radius 2 is 2.00 bits per heavy atom. The number of aromatic amines is 1. The maximum atomic E-state index is 12.7. The first kappa shape index (κ1) is 13.5. The van der Waals surface area contributed by atoms with Gasteiger partial charge in [-0.25, -0.2) is 0 Å². The third-order valence-electron chi connectivity index (χ3n) is 4.93. The summed E-state index contributed by atoms with van der Waals surface area (Å²) in [5.41, 5.74) is 10.4. The zero-order valence-electron chi connectivity index (χ0n) is 12.4. The van der Waals surface area contributed by atoms with Gasteiger partial charge in [-0.2, -0.15) is 5.10 Å². The smallest absolute Gasteiger partial charge is 0.241 e. The molecule has 2 aromatic rings. The molecule has 0 saturated carbocycles. The molecule has 0 bridgehead atoms. The molecule has 114 valence electrons. The van der Waals surface area contributed by atoms with E-state index < -0.39 is 5.54 Å². The Morgan fingerprint density at radius 1 is 1.27 bits per heavy atom. The summed E-state index contributed by atoms with van der Waals surface area (Å²) in [7, 11) is 0. The Labute approximate surface area is 129 Å². The van der Waals surface area contributed by atoms with Crippen LogP contribution in [-0.2, 0) is 30.5 Å². The van der Waals surface area contributed by atoms with E-state index in [4.69, 9.17) is 5.73 Å². The van der Waals surface area contributed by atoms with E-state index >= 15 is 0 Å². The summed E-state index contributed by atoms with van der Waals surface area (Å²) in [6, 6.07) is 8.29. The number of carbonyl (C=O) groups is 1. The second-order valence-corrected chi connectivity index (χ2v) is 6.57. The van der Waals surface area contributed by atoms with Crippen molar-refractivity contribution in [3.8, 4) is 0 Å². The third-order valence-corrected chi connectivity index (χ3v) is 4.93. The molecule has 1 aromatic carbocycles. The SMILES string of the molecule is NC1(C(=O)NC2CCc3[nH]ncc3C2)Cc2ccccc2C1. The fraction of sp³-hybridized carbons (Fsp3) is 0.412. The summed E-state index contributed by atoms with van der Waals surface area (Å²) >= 11 is 0. The summed E-state index contributed by atoms with van der Waals surface area (Å²) in [5, 5.41) is 10.3. The van der Waals surface area contributed by atoms with Gasteiger partial charge in [0, 0.05) is 11.7 Å². The van der Waals surface area contributed by atoms with Gasteiger partial charge in [-0.05, 0) is 48.8 Å². The molecule has 2 aliphatic rings. The third kappa shape index (κ3) is 2.22. The van der Waals surface area contributed by atoms with Gasteiger partial charge in [-0.1, -0.05) is 24.3 Å². The van der Waals surface area contributed by atoms with Crippen LogP contribution in [0.1, 0.15) is 28.8 Å². The lowest BCUT2D eigenvalue weighted by Gasteiger charge is -2.28. The average Bonchev–Trinajstić information content (AvgIpc) is 3.10. The topological polar surface area (TPSA) is 83.8 Å². The van der Waals surface area contributed by atoms with Crippen LogP contribution in [0.4, 0.5) is 0 Å². The van der Waals surface area contributed by atoms with E-state index in [0.29, 0.717) is 12.8 Å². The van der Waals surface area contributed by atoms with Crippen molar-refractivity contribution in [1.29, 1.82) is 0 Å². The Kier molecular flexibility index (Phi) is 3.04. The maximum Gasteiger partial charge on any atom is 0.241 e. The molecule has 4 N–H and O–H groups in total. The number of hydrogen-bond acceptors (Lipinski definition) is 3. The number of aryl methyl sites for hydroxylation is 1. The van der Waals surface area contributed by atoms with Crippen molar-refractivity contribution in [3.63, 3.8) is 0 Å². The lowest BCUT2D eigenvalue weighted by atomic mass is 9.91. The molecule has 1 atom stereocenters. The van der Waals surface area contributed by atoms with Crippen molar-refractivity contribution in [3.05, 3.63) is 52.8 Å². The van der Waals surface area contributed by atoms with Gasteiger partial charge in [-0.3, -0.25) is 9.89 Å². The molecule has 1 unspecified atom stereocenters. The van der Waals surface area contributed by atoms with Crippen LogP contribution in [-0.4, -0.2) is 27.7 Å². The van der Waals surface area contributed by atoms with E-state index in [1.807, 2.05) is 18.3 Å². The number of H-pyrrole nitrogens is 1. The summed E-state index contributed by atoms with van der Waals surface area (Å²) in [5.74, 6) is -0.0272. The summed E-state index contributed by atoms with van der Waals surface area (Å²) in [4.78, 5) is 12.7. The molecule has 2 aliphatic carbocycles. The molecule has 0 saturated heterocycles. The van der Waals surface area contributed by atoms with Crippen molar-refractivity contribution >= 4 is 5.91 Å². The normalized spacial score (nSPS) is 22.0. The summed E-state index contributed by atoms with van der Waals surface area (Å²) in [6.45, 7) is 0. The molecule has 1 heterocycles. The van der Waals surface area contributed by atoms with E-state index in [-0.39, 0.29) is 11.9 Å². The number of aromatic nitrogens is 2. The fourth-order valence-electron chi connectivity index (χ4n) is 3.67. The van der Waals surface area contributed by atoms with Gasteiger partial charge in [0.25, 0.3) is 0 Å². The largest absolute Gasteiger partial charge is 0.351 e. The quantitative estimate of drug-likeness (QED) is 0.769. The monoisotopic (exact) mass is 296 g/mol. The molecule has 22 heavy (non-hydrogen) atoms. The molecule has 4 rings (SSSR count). The first-order chi connectivity index (χ1) is 10.6. The van der Waals surface area contributed by atoms with Gasteiger partial charge < -0.3 is 11.1 Å². The molecular weight excluding hydrogens is 276 g/mol. The number of amides is 1. The molecule has 0 spiro atoms. The minimum absolute atomic E-state index is 0.0272. The molecule has 0 aliphatic heterocycles. The van der Waals surface area contributed by atoms with Crippen LogP contribution >= 0.6 is 0 Å².